The fraction of sp³-hybridized carbons (Fsp3) is 0.429. The number of carbonyl (C=O) groups excluding carboxylic acids is 4. The van der Waals surface area contributed by atoms with Crippen molar-refractivity contribution in [2.45, 2.75) is 44.8 Å². The van der Waals surface area contributed by atoms with Gasteiger partial charge in [-0.1, -0.05) is 32.0 Å². The lowest BCUT2D eigenvalue weighted by atomic mass is 10.0. The molecule has 1 N–H and O–H groups in total. The molecular weight excluding hydrogens is 472 g/mol. The van der Waals surface area contributed by atoms with E-state index in [1.165, 1.54) is 14.1 Å². The van der Waals surface area contributed by atoms with Crippen LogP contribution in [-0.4, -0.2) is 78.6 Å². The average molecular weight is 507 g/mol. The van der Waals surface area contributed by atoms with E-state index in [0.29, 0.717) is 36.2 Å². The number of rotatable bonds is 7. The van der Waals surface area contributed by atoms with Gasteiger partial charge in [-0.15, -0.1) is 0 Å². The fourth-order valence-corrected chi connectivity index (χ4v) is 5.19. The molecule has 0 radical (unpaired) electrons. The van der Waals surface area contributed by atoms with Gasteiger partial charge in [0.1, 0.15) is 17.8 Å². The van der Waals surface area contributed by atoms with Gasteiger partial charge < -0.3 is 25.0 Å². The molecule has 0 aromatic heterocycles. The molecule has 2 aromatic carbocycles. The van der Waals surface area contributed by atoms with Crippen molar-refractivity contribution in [3.63, 3.8) is 0 Å². The third-order valence-electron chi connectivity index (χ3n) is 7.05. The normalized spacial score (nSPS) is 20.2. The summed E-state index contributed by atoms with van der Waals surface area (Å²) in [5.41, 5.74) is 1.36. The number of ketones is 1. The van der Waals surface area contributed by atoms with Gasteiger partial charge in [0.15, 0.2) is 5.78 Å². The van der Waals surface area contributed by atoms with Crippen molar-refractivity contribution < 1.29 is 19.2 Å². The first kappa shape index (κ1) is 26.5. The van der Waals surface area contributed by atoms with E-state index >= 15 is 0 Å². The lowest BCUT2D eigenvalue weighted by molar-refractivity contribution is -0.138. The molecule has 2 aliphatic heterocycles. The van der Waals surface area contributed by atoms with Crippen LogP contribution in [0.25, 0.3) is 0 Å². The molecule has 196 valence electrons. The first-order chi connectivity index (χ1) is 17.5. The first-order valence-corrected chi connectivity index (χ1v) is 12.6. The minimum atomic E-state index is -0.815. The zero-order valence-corrected chi connectivity index (χ0v) is 21.7. The van der Waals surface area contributed by atoms with Gasteiger partial charge in [0.05, 0.1) is 26.7 Å². The monoisotopic (exact) mass is 506 g/mol. The highest BCUT2D eigenvalue weighted by Crippen LogP contribution is 2.32. The van der Waals surface area contributed by atoms with Crippen molar-refractivity contribution >= 4 is 29.2 Å². The number of hydrogen-bond acceptors (Lipinski definition) is 5. The Labute approximate surface area is 217 Å². The van der Waals surface area contributed by atoms with Crippen LogP contribution in [0.3, 0.4) is 0 Å². The van der Waals surface area contributed by atoms with E-state index in [1.807, 2.05) is 19.9 Å². The minimum Gasteiger partial charge on any atom is -0.628 e. The van der Waals surface area contributed by atoms with Crippen molar-refractivity contribution in [2.24, 2.45) is 5.92 Å². The third kappa shape index (κ3) is 5.57. The van der Waals surface area contributed by atoms with E-state index in [1.54, 1.807) is 58.3 Å². The Morgan fingerprint density at radius 1 is 1.00 bits per heavy atom. The summed E-state index contributed by atoms with van der Waals surface area (Å²) in [6.45, 7) is 4.23. The number of carbonyl (C=O) groups is 4. The largest absolute Gasteiger partial charge is 0.628 e. The Bertz CT molecular complexity index is 1170. The van der Waals surface area contributed by atoms with Crippen LogP contribution in [0.1, 0.15) is 47.4 Å². The summed E-state index contributed by atoms with van der Waals surface area (Å²) in [7, 11) is 2.99. The van der Waals surface area contributed by atoms with Gasteiger partial charge in [-0.2, -0.15) is 0 Å². The number of amides is 3. The van der Waals surface area contributed by atoms with Gasteiger partial charge >= 0.3 is 0 Å². The molecule has 0 saturated carbocycles. The number of nitrogens with one attached hydrogen (secondary N) is 1. The molecule has 9 nitrogen and oxygen atoms in total. The topological polar surface area (TPSA) is 110 Å². The third-order valence-corrected chi connectivity index (χ3v) is 7.05. The number of likely N-dealkylation sites (tertiary alicyclic amines) is 2. The number of hydrogen-bond donors (Lipinski definition) is 1. The van der Waals surface area contributed by atoms with E-state index in [2.05, 4.69) is 5.32 Å². The molecule has 0 aliphatic carbocycles. The van der Waals surface area contributed by atoms with Crippen LogP contribution in [0.2, 0.25) is 0 Å². The maximum Gasteiger partial charge on any atom is 0.254 e. The number of hydroxylamine groups is 2. The van der Waals surface area contributed by atoms with E-state index in [4.69, 9.17) is 0 Å². The van der Waals surface area contributed by atoms with Gasteiger partial charge in [0.25, 0.3) is 11.8 Å². The molecule has 0 spiro atoms. The minimum absolute atomic E-state index is 0.0328. The summed E-state index contributed by atoms with van der Waals surface area (Å²) in [5, 5.41) is 15.0. The molecule has 2 heterocycles. The van der Waals surface area contributed by atoms with Gasteiger partial charge in [0.2, 0.25) is 5.91 Å². The molecule has 4 rings (SSSR count). The maximum atomic E-state index is 13.7. The number of benzene rings is 2. The Morgan fingerprint density at radius 2 is 1.65 bits per heavy atom. The highest BCUT2D eigenvalue weighted by Gasteiger charge is 2.52. The smallest absolute Gasteiger partial charge is 0.254 e. The molecule has 3 amide bonds. The molecular formula is C28H34N4O5. The van der Waals surface area contributed by atoms with Crippen LogP contribution in [0, 0.1) is 11.1 Å². The summed E-state index contributed by atoms with van der Waals surface area (Å²) in [4.78, 5) is 55.9. The Balaban J connectivity index is 1.50. The van der Waals surface area contributed by atoms with Crippen molar-refractivity contribution in [1.29, 1.82) is 0 Å². The molecule has 3 atom stereocenters. The van der Waals surface area contributed by atoms with E-state index < -0.39 is 22.6 Å². The molecule has 2 fully saturated rings. The van der Waals surface area contributed by atoms with E-state index in [-0.39, 0.29) is 36.1 Å². The summed E-state index contributed by atoms with van der Waals surface area (Å²) < 4.78 is -0.619. The van der Waals surface area contributed by atoms with Crippen LogP contribution in [0.4, 0.5) is 5.69 Å². The molecule has 3 unspecified atom stereocenters. The second-order valence-electron chi connectivity index (χ2n) is 10.7. The maximum absolute atomic E-state index is 13.7. The summed E-state index contributed by atoms with van der Waals surface area (Å²) in [5.74, 6) is -0.999. The Morgan fingerprint density at radius 3 is 2.24 bits per heavy atom. The highest BCUT2D eigenvalue weighted by molar-refractivity contribution is 6.03. The van der Waals surface area contributed by atoms with E-state index in [9.17, 15) is 24.4 Å². The predicted molar refractivity (Wildman–Crippen MR) is 141 cm³/mol. The second kappa shape index (κ2) is 10.4. The summed E-state index contributed by atoms with van der Waals surface area (Å²) >= 11 is 0. The van der Waals surface area contributed by atoms with Crippen molar-refractivity contribution in [3.8, 4) is 0 Å². The van der Waals surface area contributed by atoms with Gasteiger partial charge in [-0.05, 0) is 43.0 Å². The number of Topliss-reactive ketones (excluding diaryl/α,β-unsaturated/α-hetero) is 1. The molecule has 2 aliphatic rings. The van der Waals surface area contributed by atoms with Crippen LogP contribution < -0.4 is 9.96 Å². The first-order valence-electron chi connectivity index (χ1n) is 12.6. The van der Waals surface area contributed by atoms with Crippen LogP contribution in [0.15, 0.2) is 54.6 Å². The zero-order valence-electron chi connectivity index (χ0n) is 21.7. The van der Waals surface area contributed by atoms with Crippen LogP contribution in [-0.2, 0) is 9.59 Å². The average Bonchev–Trinajstić information content (AvgIpc) is 3.44. The predicted octanol–water partition coefficient (Wildman–Crippen LogP) is 2.59. The lowest BCUT2D eigenvalue weighted by Gasteiger charge is -2.33. The number of quaternary nitrogens is 1. The van der Waals surface area contributed by atoms with Gasteiger partial charge in [-0.25, -0.2) is 0 Å². The van der Waals surface area contributed by atoms with Crippen molar-refractivity contribution in [3.05, 3.63) is 70.9 Å². The van der Waals surface area contributed by atoms with Crippen LogP contribution in [0.5, 0.6) is 0 Å². The molecule has 9 heteroatoms. The van der Waals surface area contributed by atoms with Crippen molar-refractivity contribution in [2.75, 3.05) is 27.2 Å². The SMILES string of the molecule is CC(C)CC(NC(=O)c1ccc([N+](C)(C)[O-])cc1)C(=O)N1CCC2C1C(=O)CN2C(=O)c1ccccc1. The number of fused-ring (bicyclic) bond motifs is 1. The van der Waals surface area contributed by atoms with Gasteiger partial charge in [-0.3, -0.25) is 19.2 Å². The lowest BCUT2D eigenvalue weighted by Crippen LogP contribution is -2.53. The molecule has 2 saturated heterocycles. The Hall–Kier alpha value is -3.56. The van der Waals surface area contributed by atoms with Crippen LogP contribution >= 0.6 is 0 Å². The quantitative estimate of drug-likeness (QED) is 0.459. The zero-order chi connectivity index (χ0) is 26.9. The standard InChI is InChI=1S/C28H34N4O5/c1-18(2)16-22(29-26(34)19-10-12-21(13-11-19)32(3,4)37)28(36)30-15-14-23-25(30)24(33)17-31(23)27(35)20-8-6-5-7-9-20/h5-13,18,22-23,25H,14-17H2,1-4H3,(H,29,34). The molecule has 37 heavy (non-hydrogen) atoms. The summed E-state index contributed by atoms with van der Waals surface area (Å²) in [6, 6.07) is 13.3. The molecule has 0 bridgehead atoms. The fourth-order valence-electron chi connectivity index (χ4n) is 5.19. The molecule has 2 aromatic rings. The van der Waals surface area contributed by atoms with Gasteiger partial charge in [0, 0.05) is 29.8 Å². The highest BCUT2D eigenvalue weighted by atomic mass is 16.5. The Kier molecular flexibility index (Phi) is 7.47. The summed E-state index contributed by atoms with van der Waals surface area (Å²) in [6.07, 6.45) is 0.912. The number of nitrogens with zero attached hydrogens (tertiary/aromatic N) is 3. The van der Waals surface area contributed by atoms with Crippen molar-refractivity contribution in [1.82, 2.24) is 19.8 Å². The second-order valence-corrected chi connectivity index (χ2v) is 10.7. The van der Waals surface area contributed by atoms with E-state index in [0.717, 1.165) is 0 Å².